The molecule has 0 aromatic heterocycles. The number of nitrogens with one attached hydrogen (secondary N) is 4. The molecular formula is C36H44N6O7. The normalized spacial score (nSPS) is 25.6. The third-order valence-electron chi connectivity index (χ3n) is 10.7. The molecular weight excluding hydrogens is 628 g/mol. The molecule has 4 aliphatic carbocycles. The van der Waals surface area contributed by atoms with Crippen LogP contribution in [0.2, 0.25) is 0 Å². The zero-order valence-corrected chi connectivity index (χ0v) is 28.0. The molecule has 5 aliphatic rings. The van der Waals surface area contributed by atoms with Crippen molar-refractivity contribution < 1.29 is 33.9 Å². The smallest absolute Gasteiger partial charge is 0.328 e. The Morgan fingerprint density at radius 2 is 1.53 bits per heavy atom. The zero-order chi connectivity index (χ0) is 35.0. The van der Waals surface area contributed by atoms with Gasteiger partial charge in [-0.15, -0.1) is 0 Å². The summed E-state index contributed by atoms with van der Waals surface area (Å²) < 4.78 is 0. The lowest BCUT2D eigenvalue weighted by atomic mass is 9.54. The van der Waals surface area contributed by atoms with Crippen LogP contribution < -0.4 is 21.3 Å². The van der Waals surface area contributed by atoms with E-state index in [0.29, 0.717) is 40.6 Å². The first-order valence-corrected chi connectivity index (χ1v) is 17.0. The summed E-state index contributed by atoms with van der Waals surface area (Å²) >= 11 is 0. The Balaban J connectivity index is 1.05. The van der Waals surface area contributed by atoms with Gasteiger partial charge in [-0.05, 0) is 106 Å². The fraction of sp³-hybridized carbons (Fsp3) is 0.500. The van der Waals surface area contributed by atoms with E-state index in [1.54, 1.807) is 44.2 Å². The molecule has 1 heterocycles. The third-order valence-corrected chi connectivity index (χ3v) is 10.7. The van der Waals surface area contributed by atoms with Gasteiger partial charge in [0.05, 0.1) is 6.42 Å². The molecule has 4 saturated carbocycles. The van der Waals surface area contributed by atoms with Crippen LogP contribution in [0.4, 0.5) is 21.0 Å². The molecule has 7 amide bonds. The van der Waals surface area contributed by atoms with Gasteiger partial charge in [-0.1, -0.05) is 30.3 Å². The highest BCUT2D eigenvalue weighted by Gasteiger charge is 2.52. The number of carboxylic acids is 1. The molecule has 0 unspecified atom stereocenters. The van der Waals surface area contributed by atoms with Crippen LogP contribution in [0.15, 0.2) is 48.5 Å². The highest BCUT2D eigenvalue weighted by Crippen LogP contribution is 2.53. The molecule has 13 nitrogen and oxygen atoms in total. The molecule has 5 N–H and O–H groups in total. The number of urea groups is 2. The van der Waals surface area contributed by atoms with Crippen LogP contribution in [0.5, 0.6) is 0 Å². The van der Waals surface area contributed by atoms with E-state index < -0.39 is 60.3 Å². The number of amides is 7. The second-order valence-corrected chi connectivity index (χ2v) is 14.6. The van der Waals surface area contributed by atoms with Crippen LogP contribution in [0.25, 0.3) is 0 Å². The van der Waals surface area contributed by atoms with Crippen LogP contribution in [0.1, 0.15) is 63.5 Å². The maximum Gasteiger partial charge on any atom is 0.328 e. The minimum Gasteiger partial charge on any atom is -0.481 e. The van der Waals surface area contributed by atoms with Crippen LogP contribution in [-0.4, -0.2) is 74.8 Å². The molecule has 7 rings (SSSR count). The van der Waals surface area contributed by atoms with Gasteiger partial charge in [0.2, 0.25) is 11.8 Å². The van der Waals surface area contributed by atoms with E-state index in [1.807, 2.05) is 25.1 Å². The average molecular weight is 673 g/mol. The Hall–Kier alpha value is -4.94. The van der Waals surface area contributed by atoms with E-state index in [4.69, 9.17) is 0 Å². The van der Waals surface area contributed by atoms with Gasteiger partial charge in [0.25, 0.3) is 5.91 Å². The fourth-order valence-corrected chi connectivity index (χ4v) is 8.39. The monoisotopic (exact) mass is 672 g/mol. The number of aryl methyl sites for hydroxylation is 1. The van der Waals surface area contributed by atoms with E-state index in [0.717, 1.165) is 36.1 Å². The van der Waals surface area contributed by atoms with E-state index in [2.05, 4.69) is 21.3 Å². The van der Waals surface area contributed by atoms with E-state index in [1.165, 1.54) is 11.3 Å². The fourth-order valence-electron chi connectivity index (χ4n) is 8.39. The van der Waals surface area contributed by atoms with Crippen LogP contribution in [-0.2, 0) is 25.7 Å². The molecule has 1 saturated heterocycles. The second kappa shape index (κ2) is 13.5. The number of aliphatic carboxylic acids is 1. The third kappa shape index (κ3) is 7.25. The Kier molecular flexibility index (Phi) is 9.37. The summed E-state index contributed by atoms with van der Waals surface area (Å²) in [5.74, 6) is -1.07. The van der Waals surface area contributed by atoms with Gasteiger partial charge in [0.15, 0.2) is 0 Å². The van der Waals surface area contributed by atoms with Gasteiger partial charge in [0, 0.05) is 24.0 Å². The molecule has 49 heavy (non-hydrogen) atoms. The largest absolute Gasteiger partial charge is 0.481 e. The van der Waals surface area contributed by atoms with Crippen molar-refractivity contribution in [2.45, 2.75) is 83.5 Å². The summed E-state index contributed by atoms with van der Waals surface area (Å²) in [4.78, 5) is 79.7. The molecule has 1 atom stereocenters. The highest BCUT2D eigenvalue weighted by atomic mass is 16.4. The number of carbonyl (C=O) groups excluding carboxylic acids is 5. The zero-order valence-electron chi connectivity index (χ0n) is 28.0. The molecule has 1 aliphatic heterocycles. The van der Waals surface area contributed by atoms with E-state index >= 15 is 0 Å². The average Bonchev–Trinajstić information content (AvgIpc) is 3.18. The number of benzene rings is 2. The van der Waals surface area contributed by atoms with Crippen molar-refractivity contribution in [1.82, 2.24) is 20.4 Å². The van der Waals surface area contributed by atoms with Gasteiger partial charge in [-0.3, -0.25) is 24.1 Å². The number of para-hydroxylation sites is 1. The van der Waals surface area contributed by atoms with Crippen molar-refractivity contribution >= 4 is 47.1 Å². The minimum absolute atomic E-state index is 0.0369. The summed E-state index contributed by atoms with van der Waals surface area (Å²) in [6.07, 6.45) is 4.88. The Morgan fingerprint density at radius 1 is 0.898 bits per heavy atom. The first kappa shape index (κ1) is 33.9. The van der Waals surface area contributed by atoms with Crippen LogP contribution >= 0.6 is 0 Å². The summed E-state index contributed by atoms with van der Waals surface area (Å²) in [6.45, 7) is 4.46. The Labute approximate surface area is 285 Å². The van der Waals surface area contributed by atoms with Gasteiger partial charge in [0.1, 0.15) is 18.1 Å². The van der Waals surface area contributed by atoms with Gasteiger partial charge >= 0.3 is 18.0 Å². The Morgan fingerprint density at radius 3 is 2.14 bits per heavy atom. The van der Waals surface area contributed by atoms with E-state index in [-0.39, 0.29) is 12.6 Å². The summed E-state index contributed by atoms with van der Waals surface area (Å²) in [5, 5.41) is 20.6. The van der Waals surface area contributed by atoms with Gasteiger partial charge < -0.3 is 31.3 Å². The predicted octanol–water partition coefficient (Wildman–Crippen LogP) is 4.08. The number of carbonyl (C=O) groups is 6. The van der Waals surface area contributed by atoms with Gasteiger partial charge in [-0.2, -0.15) is 0 Å². The molecule has 0 spiro atoms. The summed E-state index contributed by atoms with van der Waals surface area (Å²) in [6, 6.07) is 11.8. The molecule has 260 valence electrons. The van der Waals surface area contributed by atoms with Crippen molar-refractivity contribution in [2.24, 2.45) is 23.7 Å². The summed E-state index contributed by atoms with van der Waals surface area (Å²) in [7, 11) is 0. The number of anilines is 2. The topological polar surface area (TPSA) is 177 Å². The standard InChI is InChI=1S/C36H44N6O7/c1-20-6-4-5-7-27(20)39-34(48)37-26-10-8-21(9-11-26)18-42-35(49)41(33(47)36(42,2)3)19-29(43)38-28(17-30(44)45)32(46)40-31-24-13-22-12-23(15-24)16-25(31)14-22/h4-11,22-25,28,31H,12-19H2,1-3H3,(H,38,43)(H,40,46)(H,44,45)(H2,37,39,48)/t22?,23?,24?,25?,28-,31?/m0/s1. The van der Waals surface area contributed by atoms with Crippen molar-refractivity contribution in [3.8, 4) is 0 Å². The molecule has 2 aromatic carbocycles. The van der Waals surface area contributed by atoms with Gasteiger partial charge in [-0.25, -0.2) is 9.59 Å². The van der Waals surface area contributed by atoms with Crippen molar-refractivity contribution in [3.05, 3.63) is 59.7 Å². The maximum absolute atomic E-state index is 13.5. The number of hydrogen-bond donors (Lipinski definition) is 5. The molecule has 0 radical (unpaired) electrons. The molecule has 5 fully saturated rings. The van der Waals surface area contributed by atoms with E-state index in [9.17, 15) is 33.9 Å². The Bertz CT molecular complexity index is 1630. The quantitative estimate of drug-likeness (QED) is 0.223. The van der Waals surface area contributed by atoms with Crippen LogP contribution in [0, 0.1) is 30.6 Å². The molecule has 4 bridgehead atoms. The number of rotatable bonds is 11. The van der Waals surface area contributed by atoms with Crippen LogP contribution in [0.3, 0.4) is 0 Å². The number of nitrogens with zero attached hydrogens (tertiary/aromatic N) is 2. The SMILES string of the molecule is Cc1ccccc1NC(=O)Nc1ccc(CN2C(=O)N(CC(=O)N[C@@H](CC(=O)O)C(=O)NC3C4CC5CC(C4)CC3C5)C(=O)C2(C)C)cc1. The highest BCUT2D eigenvalue weighted by molar-refractivity contribution is 6.08. The molecule has 13 heteroatoms. The maximum atomic E-state index is 13.5. The first-order valence-electron chi connectivity index (χ1n) is 17.0. The lowest BCUT2D eigenvalue weighted by Gasteiger charge is -2.54. The van der Waals surface area contributed by atoms with Crippen molar-refractivity contribution in [1.29, 1.82) is 0 Å². The summed E-state index contributed by atoms with van der Waals surface area (Å²) in [5.41, 5.74) is 1.55. The second-order valence-electron chi connectivity index (χ2n) is 14.6. The number of imide groups is 1. The van der Waals surface area contributed by atoms with Crippen molar-refractivity contribution in [2.75, 3.05) is 17.2 Å². The predicted molar refractivity (Wildman–Crippen MR) is 180 cm³/mol. The molecule has 2 aromatic rings. The number of hydrogen-bond acceptors (Lipinski definition) is 6. The van der Waals surface area contributed by atoms with Crippen molar-refractivity contribution in [3.63, 3.8) is 0 Å². The minimum atomic E-state index is -1.34. The first-order chi connectivity index (χ1) is 23.3. The lowest BCUT2D eigenvalue weighted by Crippen LogP contribution is -2.59. The number of carboxylic acid groups (broad SMARTS) is 1. The lowest BCUT2D eigenvalue weighted by molar-refractivity contribution is -0.142.